The number of piperidine rings is 1. The molecule has 2 heterocycles. The molecule has 0 aromatic heterocycles. The van der Waals surface area contributed by atoms with Crippen molar-refractivity contribution in [1.82, 2.24) is 15.1 Å². The zero-order chi connectivity index (χ0) is 17.4. The Morgan fingerprint density at radius 3 is 2.50 bits per heavy atom. The highest BCUT2D eigenvalue weighted by molar-refractivity contribution is 5.88. The van der Waals surface area contributed by atoms with Crippen molar-refractivity contribution in [3.05, 3.63) is 0 Å². The van der Waals surface area contributed by atoms with Crippen molar-refractivity contribution in [2.24, 2.45) is 5.41 Å². The molecule has 2 unspecified atom stereocenters. The molecule has 1 spiro atoms. The van der Waals surface area contributed by atoms with E-state index >= 15 is 0 Å². The summed E-state index contributed by atoms with van der Waals surface area (Å²) < 4.78 is 0. The fraction of sp³-hybridized carbons (Fsp3) is 0.947. The number of rotatable bonds is 3. The number of hydrogen-bond acceptors (Lipinski definition) is 4. The van der Waals surface area contributed by atoms with Gasteiger partial charge in [-0.25, -0.2) is 0 Å². The summed E-state index contributed by atoms with van der Waals surface area (Å²) in [5, 5.41) is 13.4. The molecule has 3 rings (SSSR count). The molecule has 0 radical (unpaired) electrons. The van der Waals surface area contributed by atoms with E-state index in [1.54, 1.807) is 0 Å². The van der Waals surface area contributed by atoms with Gasteiger partial charge < -0.3 is 10.4 Å². The molecule has 5 nitrogen and oxygen atoms in total. The Kier molecular flexibility index (Phi) is 5.24. The van der Waals surface area contributed by atoms with Gasteiger partial charge in [0, 0.05) is 25.7 Å². The summed E-state index contributed by atoms with van der Waals surface area (Å²) >= 11 is 0. The van der Waals surface area contributed by atoms with Crippen LogP contribution >= 0.6 is 0 Å². The van der Waals surface area contributed by atoms with E-state index in [2.05, 4.69) is 35.9 Å². The average molecular weight is 338 g/mol. The van der Waals surface area contributed by atoms with Crippen LogP contribution < -0.4 is 5.32 Å². The molecular weight excluding hydrogens is 302 g/mol. The highest BCUT2D eigenvalue weighted by atomic mass is 16.3. The van der Waals surface area contributed by atoms with Crippen molar-refractivity contribution >= 4 is 5.91 Å². The molecule has 0 bridgehead atoms. The molecule has 3 fully saturated rings. The molecule has 2 atom stereocenters. The van der Waals surface area contributed by atoms with E-state index in [1.807, 2.05) is 0 Å². The minimum atomic E-state index is -0.304. The maximum atomic E-state index is 12.6. The van der Waals surface area contributed by atoms with Crippen LogP contribution in [0.1, 0.15) is 65.7 Å². The van der Waals surface area contributed by atoms with E-state index < -0.39 is 0 Å². The first-order valence-electron chi connectivity index (χ1n) is 9.77. The van der Waals surface area contributed by atoms with Crippen LogP contribution in [0.25, 0.3) is 0 Å². The third-order valence-electron chi connectivity index (χ3n) is 6.38. The van der Waals surface area contributed by atoms with Crippen LogP contribution in [0, 0.1) is 5.41 Å². The first-order chi connectivity index (χ1) is 11.3. The molecule has 24 heavy (non-hydrogen) atoms. The predicted octanol–water partition coefficient (Wildman–Crippen LogP) is 1.95. The molecule has 138 valence electrons. The van der Waals surface area contributed by atoms with Gasteiger partial charge in [-0.1, -0.05) is 33.6 Å². The van der Waals surface area contributed by atoms with Crippen molar-refractivity contribution in [3.63, 3.8) is 0 Å². The van der Waals surface area contributed by atoms with Crippen molar-refractivity contribution in [2.45, 2.75) is 83.4 Å². The zero-order valence-electron chi connectivity index (χ0n) is 15.7. The third kappa shape index (κ3) is 3.63. The Morgan fingerprint density at radius 2 is 1.88 bits per heavy atom. The van der Waals surface area contributed by atoms with Crippen LogP contribution in [0.15, 0.2) is 0 Å². The molecule has 2 saturated heterocycles. The first kappa shape index (κ1) is 18.2. The maximum Gasteiger partial charge on any atom is 0.241 e. The highest BCUT2D eigenvalue weighted by Gasteiger charge is 2.50. The topological polar surface area (TPSA) is 55.8 Å². The van der Waals surface area contributed by atoms with Crippen LogP contribution in [-0.2, 0) is 4.79 Å². The van der Waals surface area contributed by atoms with Crippen LogP contribution in [0.4, 0.5) is 0 Å². The number of likely N-dealkylation sites (tertiary alicyclic amines) is 1. The Morgan fingerprint density at radius 1 is 1.21 bits per heavy atom. The lowest BCUT2D eigenvalue weighted by atomic mass is 9.82. The van der Waals surface area contributed by atoms with Gasteiger partial charge >= 0.3 is 0 Å². The molecule has 0 aromatic carbocycles. The number of hydrogen-bond donors (Lipinski definition) is 2. The second kappa shape index (κ2) is 6.93. The lowest BCUT2D eigenvalue weighted by molar-refractivity contribution is -0.130. The molecule has 2 N–H and O–H groups in total. The minimum absolute atomic E-state index is 0.179. The van der Waals surface area contributed by atoms with Gasteiger partial charge in [0.05, 0.1) is 12.8 Å². The van der Waals surface area contributed by atoms with Crippen LogP contribution in [0.5, 0.6) is 0 Å². The SMILES string of the molecule is CC(C)(C)CCN1CNC(=O)C12CCN(C1CCCCC1O)CC2. The van der Waals surface area contributed by atoms with Crippen LogP contribution in [0.2, 0.25) is 0 Å². The van der Waals surface area contributed by atoms with Gasteiger partial charge in [0.15, 0.2) is 0 Å². The second-order valence-corrected chi connectivity index (χ2v) is 9.22. The highest BCUT2D eigenvalue weighted by Crippen LogP contribution is 2.36. The van der Waals surface area contributed by atoms with Crippen molar-refractivity contribution in [3.8, 4) is 0 Å². The fourth-order valence-corrected chi connectivity index (χ4v) is 4.68. The maximum absolute atomic E-state index is 12.6. The summed E-state index contributed by atoms with van der Waals surface area (Å²) in [5.41, 5.74) is -0.0128. The summed E-state index contributed by atoms with van der Waals surface area (Å²) in [7, 11) is 0. The van der Waals surface area contributed by atoms with Gasteiger partial charge in [-0.3, -0.25) is 14.6 Å². The van der Waals surface area contributed by atoms with Crippen molar-refractivity contribution in [1.29, 1.82) is 0 Å². The van der Waals surface area contributed by atoms with E-state index in [9.17, 15) is 9.90 Å². The third-order valence-corrected chi connectivity index (χ3v) is 6.38. The summed E-state index contributed by atoms with van der Waals surface area (Å²) in [6, 6.07) is 0.309. The standard InChI is InChI=1S/C19H35N3O2/c1-18(2,3)8-13-22-14-20-17(24)19(22)9-11-21(12-10-19)15-6-4-5-7-16(15)23/h15-16,23H,4-14H2,1-3H3,(H,20,24). The molecule has 1 saturated carbocycles. The van der Waals surface area contributed by atoms with Crippen molar-refractivity contribution in [2.75, 3.05) is 26.3 Å². The summed E-state index contributed by atoms with van der Waals surface area (Å²) in [6.07, 6.45) is 7.13. The summed E-state index contributed by atoms with van der Waals surface area (Å²) in [4.78, 5) is 17.4. The Bertz CT molecular complexity index is 452. The summed E-state index contributed by atoms with van der Waals surface area (Å²) in [6.45, 7) is 10.3. The lowest BCUT2D eigenvalue weighted by Crippen LogP contribution is -2.59. The van der Waals surface area contributed by atoms with Gasteiger partial charge in [-0.2, -0.15) is 0 Å². The van der Waals surface area contributed by atoms with Crippen LogP contribution in [-0.4, -0.2) is 64.8 Å². The molecule has 2 aliphatic heterocycles. The predicted molar refractivity (Wildman–Crippen MR) is 95.6 cm³/mol. The Balaban J connectivity index is 1.62. The molecule has 1 aliphatic carbocycles. The lowest BCUT2D eigenvalue weighted by Gasteiger charge is -2.47. The number of nitrogens with one attached hydrogen (secondary N) is 1. The molecule has 5 heteroatoms. The Labute approximate surface area is 146 Å². The van der Waals surface area contributed by atoms with Gasteiger partial charge in [-0.05, 0) is 37.5 Å². The summed E-state index contributed by atoms with van der Waals surface area (Å²) in [5.74, 6) is 0.222. The largest absolute Gasteiger partial charge is 0.391 e. The zero-order valence-corrected chi connectivity index (χ0v) is 15.7. The number of aliphatic hydroxyl groups is 1. The van der Waals surface area contributed by atoms with E-state index in [0.29, 0.717) is 18.1 Å². The smallest absolute Gasteiger partial charge is 0.241 e. The van der Waals surface area contributed by atoms with E-state index in [0.717, 1.165) is 58.2 Å². The van der Waals surface area contributed by atoms with Gasteiger partial charge in [0.2, 0.25) is 5.91 Å². The molecule has 0 aromatic rings. The van der Waals surface area contributed by atoms with Crippen LogP contribution in [0.3, 0.4) is 0 Å². The number of aliphatic hydroxyl groups excluding tert-OH is 1. The quantitative estimate of drug-likeness (QED) is 0.826. The first-order valence-corrected chi connectivity index (χ1v) is 9.77. The molecular formula is C19H35N3O2. The minimum Gasteiger partial charge on any atom is -0.391 e. The second-order valence-electron chi connectivity index (χ2n) is 9.22. The molecule has 3 aliphatic rings. The van der Waals surface area contributed by atoms with E-state index in [-0.39, 0.29) is 17.6 Å². The van der Waals surface area contributed by atoms with Gasteiger partial charge in [0.25, 0.3) is 0 Å². The van der Waals surface area contributed by atoms with E-state index in [1.165, 1.54) is 6.42 Å². The van der Waals surface area contributed by atoms with Gasteiger partial charge in [-0.15, -0.1) is 0 Å². The number of carbonyl (C=O) groups excluding carboxylic acids is 1. The van der Waals surface area contributed by atoms with Crippen molar-refractivity contribution < 1.29 is 9.90 Å². The Hall–Kier alpha value is -0.650. The number of nitrogens with zero attached hydrogens (tertiary/aromatic N) is 2. The monoisotopic (exact) mass is 337 g/mol. The average Bonchev–Trinajstić information content (AvgIpc) is 2.83. The fourth-order valence-electron chi connectivity index (χ4n) is 4.68. The molecule has 1 amide bonds. The number of carbonyl (C=O) groups is 1. The number of amides is 1. The van der Waals surface area contributed by atoms with E-state index in [4.69, 9.17) is 0 Å². The van der Waals surface area contributed by atoms with Gasteiger partial charge in [0.1, 0.15) is 5.54 Å². The normalized spacial score (nSPS) is 32.2.